The molecule has 2 rings (SSSR count). The van der Waals surface area contributed by atoms with Crippen LogP contribution in [-0.2, 0) is 12.6 Å². The van der Waals surface area contributed by atoms with E-state index < -0.39 is 17.3 Å². The Kier molecular flexibility index (Phi) is 3.90. The molecule has 106 valence electrons. The molecule has 19 heavy (non-hydrogen) atoms. The molecule has 1 aliphatic carbocycles. The zero-order chi connectivity index (χ0) is 14.1. The van der Waals surface area contributed by atoms with Crippen molar-refractivity contribution >= 4 is 0 Å². The van der Waals surface area contributed by atoms with Crippen LogP contribution in [0.5, 0.6) is 0 Å². The van der Waals surface area contributed by atoms with Gasteiger partial charge in [0.1, 0.15) is 0 Å². The minimum Gasteiger partial charge on any atom is -0.390 e. The molecule has 0 radical (unpaired) electrons. The summed E-state index contributed by atoms with van der Waals surface area (Å²) in [6.45, 7) is 2.14. The highest BCUT2D eigenvalue weighted by Crippen LogP contribution is 2.35. The Bertz CT molecular complexity index is 431. The van der Waals surface area contributed by atoms with Gasteiger partial charge >= 0.3 is 6.18 Å². The van der Waals surface area contributed by atoms with Gasteiger partial charge in [-0.3, -0.25) is 0 Å². The van der Waals surface area contributed by atoms with E-state index in [1.165, 1.54) is 6.07 Å². The molecular weight excluding hydrogens is 253 g/mol. The lowest BCUT2D eigenvalue weighted by Gasteiger charge is -2.35. The zero-order valence-electron chi connectivity index (χ0n) is 11.0. The van der Waals surface area contributed by atoms with Crippen LogP contribution in [0.1, 0.15) is 43.7 Å². The van der Waals surface area contributed by atoms with Crippen molar-refractivity contribution in [2.45, 2.75) is 50.8 Å². The fourth-order valence-corrected chi connectivity index (χ4v) is 2.71. The van der Waals surface area contributed by atoms with Gasteiger partial charge in [-0.15, -0.1) is 0 Å². The molecule has 0 spiro atoms. The molecule has 0 aromatic heterocycles. The van der Waals surface area contributed by atoms with Crippen LogP contribution in [0.15, 0.2) is 24.3 Å². The monoisotopic (exact) mass is 272 g/mol. The highest BCUT2D eigenvalue weighted by Gasteiger charge is 2.34. The van der Waals surface area contributed by atoms with Gasteiger partial charge in [0.05, 0.1) is 11.2 Å². The molecule has 4 heteroatoms. The van der Waals surface area contributed by atoms with Crippen molar-refractivity contribution in [1.82, 2.24) is 0 Å². The topological polar surface area (TPSA) is 20.2 Å². The molecule has 0 saturated heterocycles. The number of alkyl halides is 3. The number of hydrogen-bond donors (Lipinski definition) is 1. The van der Waals surface area contributed by atoms with E-state index in [2.05, 4.69) is 6.92 Å². The molecule has 0 bridgehead atoms. The summed E-state index contributed by atoms with van der Waals surface area (Å²) < 4.78 is 37.9. The second-order valence-corrected chi connectivity index (χ2v) is 5.78. The maximum atomic E-state index is 12.6. The summed E-state index contributed by atoms with van der Waals surface area (Å²) >= 11 is 0. The van der Waals surface area contributed by atoms with Crippen molar-refractivity contribution in [1.29, 1.82) is 0 Å². The molecule has 1 nitrogen and oxygen atoms in total. The second kappa shape index (κ2) is 5.16. The molecule has 1 fully saturated rings. The van der Waals surface area contributed by atoms with Gasteiger partial charge in [0.25, 0.3) is 0 Å². The third kappa shape index (κ3) is 3.72. The quantitative estimate of drug-likeness (QED) is 0.856. The molecule has 1 aromatic carbocycles. The lowest BCUT2D eigenvalue weighted by Crippen LogP contribution is -2.35. The van der Waals surface area contributed by atoms with Gasteiger partial charge in [-0.1, -0.05) is 25.1 Å². The molecule has 0 amide bonds. The number of benzene rings is 1. The smallest absolute Gasteiger partial charge is 0.390 e. The summed E-state index contributed by atoms with van der Waals surface area (Å²) in [5, 5.41) is 10.5. The predicted octanol–water partition coefficient (Wildman–Crippen LogP) is 4.19. The molecule has 1 aliphatic rings. The Labute approximate surface area is 111 Å². The third-order valence-corrected chi connectivity index (χ3v) is 3.99. The first-order valence-corrected chi connectivity index (χ1v) is 6.67. The van der Waals surface area contributed by atoms with Crippen molar-refractivity contribution in [2.75, 3.05) is 0 Å². The minimum absolute atomic E-state index is 0.309. The van der Waals surface area contributed by atoms with E-state index in [0.29, 0.717) is 30.7 Å². The van der Waals surface area contributed by atoms with E-state index in [-0.39, 0.29) is 0 Å². The molecule has 1 N–H and O–H groups in total. The Morgan fingerprint density at radius 2 is 1.89 bits per heavy atom. The zero-order valence-corrected chi connectivity index (χ0v) is 11.0. The molecule has 0 heterocycles. The Morgan fingerprint density at radius 1 is 1.26 bits per heavy atom. The predicted molar refractivity (Wildman–Crippen MR) is 67.7 cm³/mol. The Balaban J connectivity index is 2.11. The van der Waals surface area contributed by atoms with Crippen molar-refractivity contribution in [3.63, 3.8) is 0 Å². The second-order valence-electron chi connectivity index (χ2n) is 5.78. The van der Waals surface area contributed by atoms with E-state index in [4.69, 9.17) is 0 Å². The number of aliphatic hydroxyl groups is 1. The standard InChI is InChI=1S/C15H19F3O/c1-11-5-7-14(19,8-6-11)10-12-3-2-4-13(9-12)15(16,17)18/h2-4,9,11,19H,5-8,10H2,1H3. The molecule has 0 aliphatic heterocycles. The van der Waals surface area contributed by atoms with Crippen LogP contribution in [0.2, 0.25) is 0 Å². The Hall–Kier alpha value is -1.03. The summed E-state index contributed by atoms with van der Waals surface area (Å²) in [4.78, 5) is 0. The lowest BCUT2D eigenvalue weighted by molar-refractivity contribution is -0.137. The highest BCUT2D eigenvalue weighted by atomic mass is 19.4. The summed E-state index contributed by atoms with van der Waals surface area (Å²) in [7, 11) is 0. The minimum atomic E-state index is -4.32. The van der Waals surface area contributed by atoms with Gasteiger partial charge in [0.15, 0.2) is 0 Å². The van der Waals surface area contributed by atoms with E-state index in [1.54, 1.807) is 6.07 Å². The average molecular weight is 272 g/mol. The van der Waals surface area contributed by atoms with Crippen molar-refractivity contribution in [3.05, 3.63) is 35.4 Å². The first-order chi connectivity index (χ1) is 8.78. The van der Waals surface area contributed by atoms with E-state index >= 15 is 0 Å². The van der Waals surface area contributed by atoms with Crippen LogP contribution in [-0.4, -0.2) is 10.7 Å². The fourth-order valence-electron chi connectivity index (χ4n) is 2.71. The number of halogens is 3. The lowest BCUT2D eigenvalue weighted by atomic mass is 9.76. The van der Waals surface area contributed by atoms with Crippen LogP contribution >= 0.6 is 0 Å². The normalized spacial score (nSPS) is 28.4. The summed E-state index contributed by atoms with van der Waals surface area (Å²) in [6.07, 6.45) is -0.789. The van der Waals surface area contributed by atoms with Gasteiger partial charge in [-0.05, 0) is 43.2 Å². The van der Waals surface area contributed by atoms with Crippen LogP contribution < -0.4 is 0 Å². The Morgan fingerprint density at radius 3 is 2.47 bits per heavy atom. The van der Waals surface area contributed by atoms with Gasteiger partial charge in [-0.25, -0.2) is 0 Å². The van der Waals surface area contributed by atoms with Crippen molar-refractivity contribution in [3.8, 4) is 0 Å². The first-order valence-electron chi connectivity index (χ1n) is 6.67. The first kappa shape index (κ1) is 14.4. The van der Waals surface area contributed by atoms with Gasteiger partial charge in [0.2, 0.25) is 0 Å². The largest absolute Gasteiger partial charge is 0.416 e. The summed E-state index contributed by atoms with van der Waals surface area (Å²) in [5.41, 5.74) is -0.916. The van der Waals surface area contributed by atoms with Crippen LogP contribution in [0.25, 0.3) is 0 Å². The van der Waals surface area contributed by atoms with Crippen LogP contribution in [0, 0.1) is 5.92 Å². The van der Waals surface area contributed by atoms with E-state index in [0.717, 1.165) is 25.0 Å². The maximum absolute atomic E-state index is 12.6. The van der Waals surface area contributed by atoms with E-state index in [9.17, 15) is 18.3 Å². The molecule has 0 atom stereocenters. The van der Waals surface area contributed by atoms with E-state index in [1.807, 2.05) is 0 Å². The van der Waals surface area contributed by atoms with Crippen molar-refractivity contribution < 1.29 is 18.3 Å². The third-order valence-electron chi connectivity index (χ3n) is 3.99. The van der Waals surface area contributed by atoms with Crippen LogP contribution in [0.4, 0.5) is 13.2 Å². The van der Waals surface area contributed by atoms with Gasteiger partial charge in [0, 0.05) is 6.42 Å². The molecule has 1 aromatic rings. The molecule has 0 unspecified atom stereocenters. The van der Waals surface area contributed by atoms with Gasteiger partial charge in [-0.2, -0.15) is 13.2 Å². The average Bonchev–Trinajstić information content (AvgIpc) is 2.33. The SMILES string of the molecule is CC1CCC(O)(Cc2cccc(C(F)(F)F)c2)CC1. The number of hydrogen-bond acceptors (Lipinski definition) is 1. The summed E-state index contributed by atoms with van der Waals surface area (Å²) in [6, 6.07) is 5.28. The highest BCUT2D eigenvalue weighted by molar-refractivity contribution is 5.27. The van der Waals surface area contributed by atoms with Gasteiger partial charge < -0.3 is 5.11 Å². The number of rotatable bonds is 2. The fraction of sp³-hybridized carbons (Fsp3) is 0.600. The van der Waals surface area contributed by atoms with Crippen LogP contribution in [0.3, 0.4) is 0 Å². The maximum Gasteiger partial charge on any atom is 0.416 e. The summed E-state index contributed by atoms with van der Waals surface area (Å²) in [5.74, 6) is 0.599. The van der Waals surface area contributed by atoms with Crippen molar-refractivity contribution in [2.24, 2.45) is 5.92 Å². The molecular formula is C15H19F3O. The molecule has 1 saturated carbocycles.